The van der Waals surface area contributed by atoms with Crippen LogP contribution in [-0.2, 0) is 0 Å². The fourth-order valence-electron chi connectivity index (χ4n) is 3.48. The monoisotopic (exact) mass is 251 g/mol. The highest BCUT2D eigenvalue weighted by Crippen LogP contribution is 2.36. The molecule has 0 spiro atoms. The second-order valence-corrected chi connectivity index (χ2v) is 6.97. The summed E-state index contributed by atoms with van der Waals surface area (Å²) in [5.41, 5.74) is 0. The summed E-state index contributed by atoms with van der Waals surface area (Å²) in [5, 5.41) is 10.5. The SMILES string of the molecule is OC1CCCCCCC1N(CC1CC1)CC1CC1. The summed E-state index contributed by atoms with van der Waals surface area (Å²) in [6, 6.07) is 0.478. The number of nitrogens with zero attached hydrogens (tertiary/aromatic N) is 1. The summed E-state index contributed by atoms with van der Waals surface area (Å²) in [6.07, 6.45) is 13.2. The van der Waals surface area contributed by atoms with Crippen LogP contribution in [0.25, 0.3) is 0 Å². The summed E-state index contributed by atoms with van der Waals surface area (Å²) in [7, 11) is 0. The summed E-state index contributed by atoms with van der Waals surface area (Å²) < 4.78 is 0. The quantitative estimate of drug-likeness (QED) is 0.811. The Bertz CT molecular complexity index is 246. The van der Waals surface area contributed by atoms with Crippen LogP contribution >= 0.6 is 0 Å². The van der Waals surface area contributed by atoms with Gasteiger partial charge in [-0.2, -0.15) is 0 Å². The first kappa shape index (κ1) is 12.9. The Hall–Kier alpha value is -0.0800. The zero-order chi connectivity index (χ0) is 12.4. The number of hydrogen-bond acceptors (Lipinski definition) is 2. The summed E-state index contributed by atoms with van der Waals surface area (Å²) >= 11 is 0. The molecule has 2 atom stereocenters. The zero-order valence-electron chi connectivity index (χ0n) is 11.7. The third-order valence-corrected chi connectivity index (χ3v) is 5.04. The van der Waals surface area contributed by atoms with E-state index in [0.29, 0.717) is 6.04 Å². The number of aliphatic hydroxyl groups is 1. The lowest BCUT2D eigenvalue weighted by Crippen LogP contribution is -2.46. The van der Waals surface area contributed by atoms with E-state index in [1.54, 1.807) is 0 Å². The maximum absolute atomic E-state index is 10.5. The van der Waals surface area contributed by atoms with Crippen LogP contribution in [0.1, 0.15) is 64.2 Å². The molecule has 1 N–H and O–H groups in total. The van der Waals surface area contributed by atoms with Gasteiger partial charge in [-0.1, -0.05) is 25.7 Å². The Morgan fingerprint density at radius 1 is 0.722 bits per heavy atom. The molecular formula is C16H29NO. The minimum Gasteiger partial charge on any atom is -0.391 e. The van der Waals surface area contributed by atoms with E-state index in [1.807, 2.05) is 0 Å². The molecule has 2 unspecified atom stereocenters. The van der Waals surface area contributed by atoms with Gasteiger partial charge in [0.1, 0.15) is 0 Å². The predicted molar refractivity (Wildman–Crippen MR) is 74.5 cm³/mol. The lowest BCUT2D eigenvalue weighted by molar-refractivity contribution is 0.0263. The van der Waals surface area contributed by atoms with Crippen LogP contribution in [-0.4, -0.2) is 35.2 Å². The number of hydrogen-bond donors (Lipinski definition) is 1. The molecule has 0 bridgehead atoms. The van der Waals surface area contributed by atoms with Crippen molar-refractivity contribution < 1.29 is 5.11 Å². The van der Waals surface area contributed by atoms with E-state index in [1.165, 1.54) is 70.9 Å². The molecule has 0 aromatic heterocycles. The van der Waals surface area contributed by atoms with E-state index >= 15 is 0 Å². The molecule has 2 heteroatoms. The van der Waals surface area contributed by atoms with Crippen molar-refractivity contribution in [2.24, 2.45) is 11.8 Å². The van der Waals surface area contributed by atoms with Crippen LogP contribution in [0, 0.1) is 11.8 Å². The van der Waals surface area contributed by atoms with Crippen LogP contribution in [0.15, 0.2) is 0 Å². The summed E-state index contributed by atoms with van der Waals surface area (Å²) in [5.74, 6) is 1.92. The van der Waals surface area contributed by atoms with Gasteiger partial charge in [-0.05, 0) is 50.4 Å². The van der Waals surface area contributed by atoms with E-state index in [9.17, 15) is 5.11 Å². The molecule has 3 fully saturated rings. The van der Waals surface area contributed by atoms with Crippen LogP contribution < -0.4 is 0 Å². The largest absolute Gasteiger partial charge is 0.391 e. The number of rotatable bonds is 5. The molecule has 3 rings (SSSR count). The fraction of sp³-hybridized carbons (Fsp3) is 1.00. The molecule has 0 aromatic carbocycles. The Morgan fingerprint density at radius 2 is 1.28 bits per heavy atom. The van der Waals surface area contributed by atoms with Gasteiger partial charge in [0.25, 0.3) is 0 Å². The van der Waals surface area contributed by atoms with Crippen molar-refractivity contribution in [1.82, 2.24) is 4.90 Å². The molecule has 0 saturated heterocycles. The molecule has 2 nitrogen and oxygen atoms in total. The van der Waals surface area contributed by atoms with Crippen LogP contribution in [0.4, 0.5) is 0 Å². The van der Waals surface area contributed by atoms with Crippen molar-refractivity contribution in [2.75, 3.05) is 13.1 Å². The molecular weight excluding hydrogens is 222 g/mol. The second kappa shape index (κ2) is 5.92. The third kappa shape index (κ3) is 3.71. The maximum Gasteiger partial charge on any atom is 0.0695 e. The lowest BCUT2D eigenvalue weighted by atomic mass is 9.92. The average Bonchev–Trinajstić information content (AvgIpc) is 3.18. The van der Waals surface area contributed by atoms with Crippen molar-refractivity contribution in [1.29, 1.82) is 0 Å². The fourth-order valence-corrected chi connectivity index (χ4v) is 3.48. The molecule has 0 radical (unpaired) electrons. The highest BCUT2D eigenvalue weighted by Gasteiger charge is 2.35. The van der Waals surface area contributed by atoms with E-state index in [-0.39, 0.29) is 6.10 Å². The van der Waals surface area contributed by atoms with Crippen molar-refractivity contribution in [2.45, 2.75) is 76.4 Å². The Morgan fingerprint density at radius 3 is 1.83 bits per heavy atom. The Balaban J connectivity index is 1.60. The third-order valence-electron chi connectivity index (χ3n) is 5.04. The minimum atomic E-state index is -0.0530. The smallest absolute Gasteiger partial charge is 0.0695 e. The molecule has 18 heavy (non-hydrogen) atoms. The van der Waals surface area contributed by atoms with Crippen molar-refractivity contribution in [3.05, 3.63) is 0 Å². The second-order valence-electron chi connectivity index (χ2n) is 6.97. The summed E-state index contributed by atoms with van der Waals surface area (Å²) in [6.45, 7) is 2.55. The first-order valence-corrected chi connectivity index (χ1v) is 8.25. The Kier molecular flexibility index (Phi) is 4.25. The van der Waals surface area contributed by atoms with Gasteiger partial charge in [0.15, 0.2) is 0 Å². The first-order chi connectivity index (χ1) is 8.83. The van der Waals surface area contributed by atoms with Crippen molar-refractivity contribution >= 4 is 0 Å². The molecule has 0 heterocycles. The van der Waals surface area contributed by atoms with Gasteiger partial charge in [0.2, 0.25) is 0 Å². The minimum absolute atomic E-state index is 0.0530. The van der Waals surface area contributed by atoms with E-state index in [4.69, 9.17) is 0 Å². The maximum atomic E-state index is 10.5. The number of aliphatic hydroxyl groups excluding tert-OH is 1. The molecule has 3 aliphatic rings. The van der Waals surface area contributed by atoms with Gasteiger partial charge in [0, 0.05) is 19.1 Å². The summed E-state index contributed by atoms with van der Waals surface area (Å²) in [4.78, 5) is 2.69. The van der Waals surface area contributed by atoms with Gasteiger partial charge in [-0.15, -0.1) is 0 Å². The molecule has 3 saturated carbocycles. The highest BCUT2D eigenvalue weighted by atomic mass is 16.3. The molecule has 0 aromatic rings. The lowest BCUT2D eigenvalue weighted by Gasteiger charge is -2.36. The van der Waals surface area contributed by atoms with Crippen LogP contribution in [0.3, 0.4) is 0 Å². The zero-order valence-corrected chi connectivity index (χ0v) is 11.7. The molecule has 0 aliphatic heterocycles. The van der Waals surface area contributed by atoms with Gasteiger partial charge in [-0.25, -0.2) is 0 Å². The molecule has 0 amide bonds. The van der Waals surface area contributed by atoms with Gasteiger partial charge >= 0.3 is 0 Å². The van der Waals surface area contributed by atoms with Crippen molar-refractivity contribution in [3.8, 4) is 0 Å². The van der Waals surface area contributed by atoms with E-state index in [2.05, 4.69) is 4.90 Å². The van der Waals surface area contributed by atoms with Gasteiger partial charge in [0.05, 0.1) is 6.10 Å². The topological polar surface area (TPSA) is 23.5 Å². The normalized spacial score (nSPS) is 34.3. The van der Waals surface area contributed by atoms with Gasteiger partial charge < -0.3 is 5.11 Å². The molecule has 104 valence electrons. The van der Waals surface area contributed by atoms with E-state index in [0.717, 1.165) is 18.3 Å². The van der Waals surface area contributed by atoms with Crippen LogP contribution in [0.2, 0.25) is 0 Å². The van der Waals surface area contributed by atoms with E-state index < -0.39 is 0 Å². The standard InChI is InChI=1S/C16H29NO/c18-16-6-4-2-1-3-5-15(16)17(11-13-7-8-13)12-14-9-10-14/h13-16,18H,1-12H2. The predicted octanol–water partition coefficient (Wildman–Crippen LogP) is 3.19. The van der Waals surface area contributed by atoms with Crippen LogP contribution in [0.5, 0.6) is 0 Å². The molecule has 3 aliphatic carbocycles. The Labute approximate surface area is 112 Å². The van der Waals surface area contributed by atoms with Gasteiger partial charge in [-0.3, -0.25) is 4.90 Å². The van der Waals surface area contributed by atoms with Crippen molar-refractivity contribution in [3.63, 3.8) is 0 Å². The first-order valence-electron chi connectivity index (χ1n) is 8.25. The highest BCUT2D eigenvalue weighted by molar-refractivity contribution is 4.89. The average molecular weight is 251 g/mol.